The minimum absolute atomic E-state index is 0.000748. The Hall–Kier alpha value is -1.89. The summed E-state index contributed by atoms with van der Waals surface area (Å²) in [5, 5.41) is 1.24. The van der Waals surface area contributed by atoms with Gasteiger partial charge in [-0.2, -0.15) is 0 Å². The van der Waals surface area contributed by atoms with Crippen molar-refractivity contribution in [3.8, 4) is 0 Å². The van der Waals surface area contributed by atoms with Gasteiger partial charge in [-0.15, -0.1) is 0 Å². The van der Waals surface area contributed by atoms with Crippen LogP contribution in [0.25, 0.3) is 10.9 Å². The number of sulfone groups is 1. The second kappa shape index (κ2) is 6.55. The molecule has 0 aliphatic rings. The maximum absolute atomic E-state index is 12.4. The van der Waals surface area contributed by atoms with Crippen molar-refractivity contribution in [2.75, 3.05) is 5.75 Å². The highest BCUT2D eigenvalue weighted by Crippen LogP contribution is 2.16. The summed E-state index contributed by atoms with van der Waals surface area (Å²) >= 11 is 11.7. The van der Waals surface area contributed by atoms with E-state index in [0.717, 1.165) is 0 Å². The average molecular weight is 383 g/mol. The molecule has 0 radical (unpaired) electrons. The summed E-state index contributed by atoms with van der Waals surface area (Å²) in [5.74, 6) is -0.220. The molecule has 0 saturated heterocycles. The van der Waals surface area contributed by atoms with Crippen LogP contribution in [0.2, 0.25) is 10.0 Å². The second-order valence-electron chi connectivity index (χ2n) is 5.18. The van der Waals surface area contributed by atoms with Crippen LogP contribution in [0.15, 0.2) is 58.5 Å². The van der Waals surface area contributed by atoms with Crippen LogP contribution < -0.4 is 5.56 Å². The van der Waals surface area contributed by atoms with E-state index in [1.165, 1.54) is 41.2 Å². The number of aryl methyl sites for hydroxylation is 1. The minimum atomic E-state index is -3.53. The first kappa shape index (κ1) is 17.0. The van der Waals surface area contributed by atoms with Gasteiger partial charge in [0.25, 0.3) is 5.56 Å². The summed E-state index contributed by atoms with van der Waals surface area (Å²) in [6.45, 7) is -0.000748. The van der Waals surface area contributed by atoms with Crippen LogP contribution in [-0.2, 0) is 16.4 Å². The number of fused-ring (bicyclic) bond motifs is 1. The highest BCUT2D eigenvalue weighted by Gasteiger charge is 2.15. The molecule has 0 saturated carbocycles. The molecule has 1 heterocycles. The van der Waals surface area contributed by atoms with E-state index in [-0.39, 0.29) is 22.8 Å². The summed E-state index contributed by atoms with van der Waals surface area (Å²) < 4.78 is 26.0. The van der Waals surface area contributed by atoms with Gasteiger partial charge in [0.15, 0.2) is 9.84 Å². The van der Waals surface area contributed by atoms with Crippen molar-refractivity contribution >= 4 is 43.9 Å². The first-order chi connectivity index (χ1) is 11.4. The molecule has 0 N–H and O–H groups in total. The largest absolute Gasteiger partial charge is 0.298 e. The van der Waals surface area contributed by atoms with Gasteiger partial charge in [-0.25, -0.2) is 13.4 Å². The van der Waals surface area contributed by atoms with Crippen molar-refractivity contribution in [3.63, 3.8) is 0 Å². The van der Waals surface area contributed by atoms with E-state index in [2.05, 4.69) is 4.98 Å². The molecule has 0 amide bonds. The highest BCUT2D eigenvalue weighted by atomic mass is 35.5. The summed E-state index contributed by atoms with van der Waals surface area (Å²) in [7, 11) is -3.53. The molecule has 124 valence electrons. The van der Waals surface area contributed by atoms with Crippen molar-refractivity contribution in [3.05, 3.63) is 69.2 Å². The molecule has 0 aliphatic carbocycles. The lowest BCUT2D eigenvalue weighted by molar-refractivity contribution is 0.586. The zero-order valence-electron chi connectivity index (χ0n) is 12.3. The van der Waals surface area contributed by atoms with E-state index in [1.54, 1.807) is 12.1 Å². The third-order valence-corrected chi connectivity index (χ3v) is 5.76. The van der Waals surface area contributed by atoms with Crippen LogP contribution in [0.3, 0.4) is 0 Å². The Kier molecular flexibility index (Phi) is 4.62. The van der Waals surface area contributed by atoms with Crippen LogP contribution in [-0.4, -0.2) is 23.7 Å². The van der Waals surface area contributed by atoms with Crippen LogP contribution in [0, 0.1) is 0 Å². The van der Waals surface area contributed by atoms with Crippen molar-refractivity contribution in [2.45, 2.75) is 11.4 Å². The van der Waals surface area contributed by atoms with Crippen molar-refractivity contribution in [1.82, 2.24) is 9.55 Å². The Balaban J connectivity index is 1.89. The zero-order valence-corrected chi connectivity index (χ0v) is 14.6. The molecule has 3 aromatic rings. The van der Waals surface area contributed by atoms with Gasteiger partial charge in [0.05, 0.1) is 27.9 Å². The summed E-state index contributed by atoms with van der Waals surface area (Å²) in [4.78, 5) is 16.8. The van der Waals surface area contributed by atoms with Crippen molar-refractivity contribution in [2.24, 2.45) is 0 Å². The van der Waals surface area contributed by atoms with E-state index in [0.29, 0.717) is 20.9 Å². The summed E-state index contributed by atoms with van der Waals surface area (Å²) in [6, 6.07) is 10.7. The Morgan fingerprint density at radius 2 is 1.67 bits per heavy atom. The fourth-order valence-electron chi connectivity index (χ4n) is 2.27. The zero-order chi connectivity index (χ0) is 17.3. The fraction of sp³-hybridized carbons (Fsp3) is 0.125. The van der Waals surface area contributed by atoms with Gasteiger partial charge >= 0.3 is 0 Å². The molecule has 8 heteroatoms. The smallest absolute Gasteiger partial charge is 0.261 e. The number of halogens is 2. The first-order valence-electron chi connectivity index (χ1n) is 7.00. The molecule has 5 nitrogen and oxygen atoms in total. The molecule has 0 spiro atoms. The van der Waals surface area contributed by atoms with E-state index < -0.39 is 9.84 Å². The number of hydrogen-bond acceptors (Lipinski definition) is 4. The number of hydrogen-bond donors (Lipinski definition) is 0. The molecule has 0 aliphatic heterocycles. The fourth-order valence-corrected chi connectivity index (χ4v) is 3.79. The number of aromatic nitrogens is 2. The lowest BCUT2D eigenvalue weighted by atomic mass is 10.2. The van der Waals surface area contributed by atoms with Gasteiger partial charge in [-0.3, -0.25) is 9.36 Å². The Labute approximate surface area is 148 Å². The predicted octanol–water partition coefficient (Wildman–Crippen LogP) is 3.18. The van der Waals surface area contributed by atoms with Gasteiger partial charge in [-0.05, 0) is 42.5 Å². The van der Waals surface area contributed by atoms with Crippen LogP contribution in [0.4, 0.5) is 0 Å². The Bertz CT molecular complexity index is 1060. The molecule has 1 aromatic heterocycles. The highest BCUT2D eigenvalue weighted by molar-refractivity contribution is 7.91. The summed E-state index contributed by atoms with van der Waals surface area (Å²) in [6.07, 6.45) is 1.34. The molecule has 0 atom stereocenters. The molecule has 3 rings (SSSR count). The van der Waals surface area contributed by atoms with Crippen molar-refractivity contribution in [1.29, 1.82) is 0 Å². The number of benzene rings is 2. The maximum Gasteiger partial charge on any atom is 0.261 e. The molecule has 2 aromatic carbocycles. The van der Waals surface area contributed by atoms with E-state index in [9.17, 15) is 13.2 Å². The summed E-state index contributed by atoms with van der Waals surface area (Å²) in [5.41, 5.74) is 0.190. The van der Waals surface area contributed by atoms with E-state index >= 15 is 0 Å². The third kappa shape index (κ3) is 3.45. The van der Waals surface area contributed by atoms with E-state index in [4.69, 9.17) is 23.2 Å². The molecule has 24 heavy (non-hydrogen) atoms. The monoisotopic (exact) mass is 382 g/mol. The normalized spacial score (nSPS) is 11.8. The number of nitrogens with zero attached hydrogens (tertiary/aromatic N) is 2. The van der Waals surface area contributed by atoms with Crippen LogP contribution >= 0.6 is 23.2 Å². The molecule has 0 unspecified atom stereocenters. The van der Waals surface area contributed by atoms with Crippen molar-refractivity contribution < 1.29 is 8.42 Å². The first-order valence-corrected chi connectivity index (χ1v) is 9.41. The maximum atomic E-state index is 12.4. The van der Waals surface area contributed by atoms with Gasteiger partial charge in [-0.1, -0.05) is 23.2 Å². The average Bonchev–Trinajstić information content (AvgIpc) is 2.55. The molecular formula is C16H12Cl2N2O3S. The predicted molar refractivity (Wildman–Crippen MR) is 94.5 cm³/mol. The Morgan fingerprint density at radius 3 is 2.38 bits per heavy atom. The topological polar surface area (TPSA) is 69.0 Å². The van der Waals surface area contributed by atoms with Crippen LogP contribution in [0.1, 0.15) is 0 Å². The van der Waals surface area contributed by atoms with Gasteiger partial charge in [0.2, 0.25) is 0 Å². The van der Waals surface area contributed by atoms with Gasteiger partial charge in [0.1, 0.15) is 0 Å². The van der Waals surface area contributed by atoms with E-state index in [1.807, 2.05) is 0 Å². The molecule has 0 fully saturated rings. The quantitative estimate of drug-likeness (QED) is 0.694. The standard InChI is InChI=1S/C16H12Cl2N2O3S/c17-11-1-4-13(5-2-11)24(22,23)8-7-20-10-19-15-6-3-12(18)9-14(15)16(20)21/h1-6,9-10H,7-8H2. The van der Waals surface area contributed by atoms with Crippen LogP contribution in [0.5, 0.6) is 0 Å². The number of rotatable bonds is 4. The van der Waals surface area contributed by atoms with Gasteiger partial charge in [0, 0.05) is 16.6 Å². The second-order valence-corrected chi connectivity index (χ2v) is 8.16. The SMILES string of the molecule is O=c1c2cc(Cl)ccc2ncn1CCS(=O)(=O)c1ccc(Cl)cc1. The molecular weight excluding hydrogens is 371 g/mol. The molecule has 0 bridgehead atoms. The Morgan fingerprint density at radius 1 is 1.00 bits per heavy atom. The third-order valence-electron chi connectivity index (χ3n) is 3.56. The lowest BCUT2D eigenvalue weighted by Crippen LogP contribution is -2.24. The van der Waals surface area contributed by atoms with Gasteiger partial charge < -0.3 is 0 Å². The minimum Gasteiger partial charge on any atom is -0.298 e. The lowest BCUT2D eigenvalue weighted by Gasteiger charge is -2.08.